The SMILES string of the molecule is NC(=O)C1CC(O)CN1C(=O)C1NCC2CCCC21. The number of β-amino-alcohol motifs (C(OH)–C–C–N with tert-alkyl or cyclic N) is 1. The number of likely N-dealkylation sites (tertiary alicyclic amines) is 1. The van der Waals surface area contributed by atoms with Gasteiger partial charge in [-0.15, -0.1) is 0 Å². The van der Waals surface area contributed by atoms with E-state index < -0.39 is 18.1 Å². The number of rotatable bonds is 2. The maximum Gasteiger partial charge on any atom is 0.240 e. The highest BCUT2D eigenvalue weighted by molar-refractivity contribution is 5.90. The van der Waals surface area contributed by atoms with Crippen LogP contribution in [0.15, 0.2) is 0 Å². The van der Waals surface area contributed by atoms with Gasteiger partial charge in [0.05, 0.1) is 12.1 Å². The minimum Gasteiger partial charge on any atom is -0.391 e. The molecule has 0 radical (unpaired) electrons. The zero-order chi connectivity index (χ0) is 13.6. The zero-order valence-corrected chi connectivity index (χ0v) is 10.9. The molecular weight excluding hydrogens is 246 g/mol. The Kier molecular flexibility index (Phi) is 3.22. The molecule has 1 saturated carbocycles. The Morgan fingerprint density at radius 3 is 2.84 bits per heavy atom. The van der Waals surface area contributed by atoms with Crippen LogP contribution in [0.2, 0.25) is 0 Å². The fourth-order valence-corrected chi connectivity index (χ4v) is 3.96. The van der Waals surface area contributed by atoms with Gasteiger partial charge in [0.25, 0.3) is 0 Å². The van der Waals surface area contributed by atoms with Crippen LogP contribution in [0.5, 0.6) is 0 Å². The third-order valence-corrected chi connectivity index (χ3v) is 4.90. The molecule has 3 fully saturated rings. The summed E-state index contributed by atoms with van der Waals surface area (Å²) in [5, 5.41) is 13.0. The highest BCUT2D eigenvalue weighted by Crippen LogP contribution is 2.38. The number of nitrogens with one attached hydrogen (secondary N) is 1. The van der Waals surface area contributed by atoms with Crippen molar-refractivity contribution in [3.05, 3.63) is 0 Å². The fraction of sp³-hybridized carbons (Fsp3) is 0.846. The molecule has 0 aromatic rings. The summed E-state index contributed by atoms with van der Waals surface area (Å²) in [6.45, 7) is 1.11. The minimum atomic E-state index is -0.648. The molecule has 6 heteroatoms. The van der Waals surface area contributed by atoms with Crippen molar-refractivity contribution >= 4 is 11.8 Å². The van der Waals surface area contributed by atoms with Crippen LogP contribution in [0.3, 0.4) is 0 Å². The van der Waals surface area contributed by atoms with Crippen molar-refractivity contribution in [2.24, 2.45) is 17.6 Å². The predicted octanol–water partition coefficient (Wildman–Crippen LogP) is -1.18. The van der Waals surface area contributed by atoms with Gasteiger partial charge in [-0.2, -0.15) is 0 Å². The molecule has 2 heterocycles. The molecule has 0 spiro atoms. The van der Waals surface area contributed by atoms with E-state index in [1.807, 2.05) is 0 Å². The van der Waals surface area contributed by atoms with E-state index in [4.69, 9.17) is 5.73 Å². The largest absolute Gasteiger partial charge is 0.391 e. The number of carbonyl (C=O) groups excluding carboxylic acids is 2. The van der Waals surface area contributed by atoms with Gasteiger partial charge < -0.3 is 21.1 Å². The highest BCUT2D eigenvalue weighted by Gasteiger charge is 2.47. The first kappa shape index (κ1) is 12.9. The van der Waals surface area contributed by atoms with Crippen molar-refractivity contribution in [2.75, 3.05) is 13.1 Å². The Labute approximate surface area is 112 Å². The van der Waals surface area contributed by atoms with Crippen LogP contribution >= 0.6 is 0 Å². The van der Waals surface area contributed by atoms with Gasteiger partial charge >= 0.3 is 0 Å². The molecule has 0 aromatic heterocycles. The van der Waals surface area contributed by atoms with Crippen LogP contribution in [-0.2, 0) is 9.59 Å². The van der Waals surface area contributed by atoms with Gasteiger partial charge in [-0.05, 0) is 31.2 Å². The summed E-state index contributed by atoms with van der Waals surface area (Å²) in [5.74, 6) is 0.396. The molecular formula is C13H21N3O3. The summed E-state index contributed by atoms with van der Waals surface area (Å²) in [7, 11) is 0. The maximum absolute atomic E-state index is 12.6. The van der Waals surface area contributed by atoms with E-state index in [2.05, 4.69) is 5.32 Å². The summed E-state index contributed by atoms with van der Waals surface area (Å²) in [6, 6.07) is -0.843. The summed E-state index contributed by atoms with van der Waals surface area (Å²) in [5.41, 5.74) is 5.33. The maximum atomic E-state index is 12.6. The number of fused-ring (bicyclic) bond motifs is 1. The summed E-state index contributed by atoms with van der Waals surface area (Å²) in [6.07, 6.45) is 3.07. The molecule has 1 aliphatic carbocycles. The molecule has 3 rings (SSSR count). The van der Waals surface area contributed by atoms with Gasteiger partial charge in [0, 0.05) is 13.0 Å². The predicted molar refractivity (Wildman–Crippen MR) is 67.9 cm³/mol. The molecule has 19 heavy (non-hydrogen) atoms. The molecule has 5 unspecified atom stereocenters. The Morgan fingerprint density at radius 2 is 2.11 bits per heavy atom. The van der Waals surface area contributed by atoms with E-state index in [0.29, 0.717) is 11.8 Å². The number of amides is 2. The average Bonchev–Trinajstić information content (AvgIpc) is 3.00. The molecule has 6 nitrogen and oxygen atoms in total. The highest BCUT2D eigenvalue weighted by atomic mass is 16.3. The average molecular weight is 267 g/mol. The molecule has 5 atom stereocenters. The lowest BCUT2D eigenvalue weighted by atomic mass is 9.93. The second-order valence-corrected chi connectivity index (χ2v) is 6.04. The smallest absolute Gasteiger partial charge is 0.240 e. The van der Waals surface area contributed by atoms with E-state index in [1.54, 1.807) is 0 Å². The van der Waals surface area contributed by atoms with Crippen molar-refractivity contribution in [1.29, 1.82) is 0 Å². The lowest BCUT2D eigenvalue weighted by Crippen LogP contribution is -2.51. The van der Waals surface area contributed by atoms with Gasteiger partial charge in [-0.3, -0.25) is 9.59 Å². The van der Waals surface area contributed by atoms with Crippen LogP contribution in [0, 0.1) is 11.8 Å². The molecule has 4 N–H and O–H groups in total. The molecule has 106 valence electrons. The number of primary amides is 1. The van der Waals surface area contributed by atoms with Crippen molar-refractivity contribution in [3.63, 3.8) is 0 Å². The topological polar surface area (TPSA) is 95.7 Å². The number of nitrogens with two attached hydrogens (primary N) is 1. The number of hydrogen-bond donors (Lipinski definition) is 3. The third kappa shape index (κ3) is 2.12. The van der Waals surface area contributed by atoms with Gasteiger partial charge in [0.1, 0.15) is 6.04 Å². The number of hydrogen-bond acceptors (Lipinski definition) is 4. The fourth-order valence-electron chi connectivity index (χ4n) is 3.96. The summed E-state index contributed by atoms with van der Waals surface area (Å²) in [4.78, 5) is 25.5. The first-order valence-corrected chi connectivity index (χ1v) is 7.09. The minimum absolute atomic E-state index is 0.0604. The quantitative estimate of drug-likeness (QED) is 0.587. The lowest BCUT2D eigenvalue weighted by molar-refractivity contribution is -0.139. The van der Waals surface area contributed by atoms with Crippen molar-refractivity contribution in [1.82, 2.24) is 10.2 Å². The Balaban J connectivity index is 1.74. The van der Waals surface area contributed by atoms with Crippen molar-refractivity contribution < 1.29 is 14.7 Å². The molecule has 0 bridgehead atoms. The number of aliphatic hydroxyl groups excluding tert-OH is 1. The third-order valence-electron chi connectivity index (χ3n) is 4.90. The number of aliphatic hydroxyl groups is 1. The van der Waals surface area contributed by atoms with Gasteiger partial charge in [0.2, 0.25) is 11.8 Å². The van der Waals surface area contributed by atoms with E-state index in [9.17, 15) is 14.7 Å². The lowest BCUT2D eigenvalue weighted by Gasteiger charge is -2.27. The second-order valence-electron chi connectivity index (χ2n) is 6.04. The van der Waals surface area contributed by atoms with Crippen LogP contribution in [0.1, 0.15) is 25.7 Å². The van der Waals surface area contributed by atoms with Gasteiger partial charge in [0.15, 0.2) is 0 Å². The van der Waals surface area contributed by atoms with Crippen LogP contribution in [0.25, 0.3) is 0 Å². The van der Waals surface area contributed by atoms with Crippen molar-refractivity contribution in [2.45, 2.75) is 43.9 Å². The Bertz CT molecular complexity index is 401. The van der Waals surface area contributed by atoms with Crippen LogP contribution in [-0.4, -0.2) is 53.1 Å². The molecule has 2 saturated heterocycles. The summed E-state index contributed by atoms with van der Waals surface area (Å²) >= 11 is 0. The molecule has 2 amide bonds. The van der Waals surface area contributed by atoms with Crippen LogP contribution < -0.4 is 11.1 Å². The zero-order valence-electron chi connectivity index (χ0n) is 10.9. The van der Waals surface area contributed by atoms with E-state index >= 15 is 0 Å². The summed E-state index contributed by atoms with van der Waals surface area (Å²) < 4.78 is 0. The first-order valence-electron chi connectivity index (χ1n) is 7.09. The van der Waals surface area contributed by atoms with E-state index in [1.165, 1.54) is 17.7 Å². The van der Waals surface area contributed by atoms with Gasteiger partial charge in [-0.1, -0.05) is 6.42 Å². The second kappa shape index (κ2) is 4.76. The monoisotopic (exact) mass is 267 g/mol. The molecule has 2 aliphatic heterocycles. The first-order chi connectivity index (χ1) is 9.08. The standard InChI is InChI=1S/C13H21N3O3/c14-12(18)10-4-8(17)6-16(10)13(19)11-9-3-1-2-7(9)5-15-11/h7-11,15,17H,1-6H2,(H2,14,18). The van der Waals surface area contributed by atoms with E-state index in [-0.39, 0.29) is 24.9 Å². The van der Waals surface area contributed by atoms with E-state index in [0.717, 1.165) is 13.0 Å². The molecule has 0 aromatic carbocycles. The van der Waals surface area contributed by atoms with Gasteiger partial charge in [-0.25, -0.2) is 0 Å². The molecule has 3 aliphatic rings. The number of carbonyl (C=O) groups is 2. The number of nitrogens with zero attached hydrogens (tertiary/aromatic N) is 1. The Morgan fingerprint density at radius 1 is 1.32 bits per heavy atom. The van der Waals surface area contributed by atoms with Crippen LogP contribution in [0.4, 0.5) is 0 Å². The Hall–Kier alpha value is -1.14. The van der Waals surface area contributed by atoms with Crippen molar-refractivity contribution in [3.8, 4) is 0 Å². The normalized spacial score (nSPS) is 41.5.